The number of esters is 1. The molecule has 1 heterocycles. The molecule has 1 aliphatic heterocycles. The number of sulfonamides is 1. The van der Waals surface area contributed by atoms with Gasteiger partial charge in [0.15, 0.2) is 0 Å². The highest BCUT2D eigenvalue weighted by Gasteiger charge is 2.55. The number of carbonyl (C=O) groups is 1. The van der Waals surface area contributed by atoms with Crippen LogP contribution in [0.4, 0.5) is 0 Å². The van der Waals surface area contributed by atoms with Gasteiger partial charge in [0.2, 0.25) is 10.0 Å². The Kier molecular flexibility index (Phi) is 4.95. The number of nitrogens with zero attached hydrogens (tertiary/aromatic N) is 1. The van der Waals surface area contributed by atoms with Crippen molar-refractivity contribution in [2.75, 3.05) is 26.3 Å². The lowest BCUT2D eigenvalue weighted by Crippen LogP contribution is -2.50. The van der Waals surface area contributed by atoms with Crippen molar-refractivity contribution in [2.24, 2.45) is 23.2 Å². The molecule has 4 aliphatic carbocycles. The van der Waals surface area contributed by atoms with Crippen LogP contribution in [-0.4, -0.2) is 45.0 Å². The fourth-order valence-electron chi connectivity index (χ4n) is 6.39. The van der Waals surface area contributed by atoms with Crippen LogP contribution >= 0.6 is 0 Å². The largest absolute Gasteiger partial charge is 0.460 e. The second-order valence-corrected chi connectivity index (χ2v) is 11.4. The van der Waals surface area contributed by atoms with Crippen molar-refractivity contribution in [1.29, 1.82) is 0 Å². The number of ether oxygens (including phenoxy) is 2. The van der Waals surface area contributed by atoms with Gasteiger partial charge in [0.25, 0.3) is 0 Å². The Morgan fingerprint density at radius 2 is 1.69 bits per heavy atom. The SMILES string of the molecule is O=C(OCc1cccc(S(=O)(=O)N2CCOCC2)c1)C12CC3CC(CC(C3)C1)C2. The molecule has 1 saturated heterocycles. The molecule has 0 radical (unpaired) electrons. The Morgan fingerprint density at radius 1 is 1.07 bits per heavy atom. The summed E-state index contributed by atoms with van der Waals surface area (Å²) in [5, 5.41) is 0. The highest BCUT2D eigenvalue weighted by Crippen LogP contribution is 2.60. The van der Waals surface area contributed by atoms with E-state index >= 15 is 0 Å². The second-order valence-electron chi connectivity index (χ2n) is 9.44. The maximum absolute atomic E-state index is 13.0. The molecule has 4 bridgehead atoms. The molecule has 0 atom stereocenters. The number of carbonyl (C=O) groups excluding carboxylic acids is 1. The first-order chi connectivity index (χ1) is 13.9. The van der Waals surface area contributed by atoms with E-state index in [-0.39, 0.29) is 22.9 Å². The second kappa shape index (κ2) is 7.36. The maximum Gasteiger partial charge on any atom is 0.312 e. The van der Waals surface area contributed by atoms with Gasteiger partial charge in [0.1, 0.15) is 6.61 Å². The number of benzene rings is 1. The molecule has 0 unspecified atom stereocenters. The van der Waals surface area contributed by atoms with Crippen molar-refractivity contribution in [2.45, 2.75) is 50.0 Å². The quantitative estimate of drug-likeness (QED) is 0.686. The Morgan fingerprint density at radius 3 is 2.31 bits per heavy atom. The highest BCUT2D eigenvalue weighted by molar-refractivity contribution is 7.89. The minimum absolute atomic E-state index is 0.0713. The molecule has 5 aliphatic rings. The predicted molar refractivity (Wildman–Crippen MR) is 106 cm³/mol. The first kappa shape index (κ1) is 19.5. The van der Waals surface area contributed by atoms with Gasteiger partial charge in [-0.3, -0.25) is 4.79 Å². The number of hydrogen-bond donors (Lipinski definition) is 0. The molecule has 7 heteroatoms. The molecule has 0 spiro atoms. The standard InChI is InChI=1S/C22H29NO5S/c24-21(22-12-17-8-18(13-22)10-19(9-17)14-22)28-15-16-2-1-3-20(11-16)29(25,26)23-4-6-27-7-5-23/h1-3,11,17-19H,4-10,12-15H2. The third-order valence-corrected chi connectivity index (χ3v) is 9.24. The van der Waals surface area contributed by atoms with Gasteiger partial charge in [-0.05, 0) is 74.0 Å². The molecule has 158 valence electrons. The Hall–Kier alpha value is -1.44. The van der Waals surface area contributed by atoms with E-state index in [1.165, 1.54) is 23.6 Å². The van der Waals surface area contributed by atoms with Crippen LogP contribution < -0.4 is 0 Å². The van der Waals surface area contributed by atoms with Gasteiger partial charge in [0, 0.05) is 13.1 Å². The zero-order chi connectivity index (χ0) is 20.1. The lowest BCUT2D eigenvalue weighted by Gasteiger charge is -2.55. The summed E-state index contributed by atoms with van der Waals surface area (Å²) in [6.45, 7) is 1.71. The van der Waals surface area contributed by atoms with E-state index in [9.17, 15) is 13.2 Å². The normalized spacial score (nSPS) is 34.3. The summed E-state index contributed by atoms with van der Waals surface area (Å²) < 4.78 is 38.2. The number of rotatable bonds is 5. The zero-order valence-electron chi connectivity index (χ0n) is 16.7. The van der Waals surface area contributed by atoms with Crippen molar-refractivity contribution < 1.29 is 22.7 Å². The van der Waals surface area contributed by atoms with Crippen molar-refractivity contribution in [1.82, 2.24) is 4.31 Å². The van der Waals surface area contributed by atoms with Gasteiger partial charge in [0.05, 0.1) is 23.5 Å². The summed E-state index contributed by atoms with van der Waals surface area (Å²) in [4.78, 5) is 13.3. The molecule has 29 heavy (non-hydrogen) atoms. The van der Waals surface area contributed by atoms with Crippen LogP contribution in [0.1, 0.15) is 44.1 Å². The molecular weight excluding hydrogens is 390 g/mol. The summed E-state index contributed by atoms with van der Waals surface area (Å²) in [6.07, 6.45) is 6.78. The van der Waals surface area contributed by atoms with E-state index in [0.717, 1.165) is 24.8 Å². The Bertz CT molecular complexity index is 855. The molecule has 0 amide bonds. The summed E-state index contributed by atoms with van der Waals surface area (Å²) in [5.41, 5.74) is 0.434. The van der Waals surface area contributed by atoms with Crippen LogP contribution in [0.25, 0.3) is 0 Å². The van der Waals surface area contributed by atoms with E-state index < -0.39 is 10.0 Å². The average molecular weight is 420 g/mol. The van der Waals surface area contributed by atoms with Gasteiger partial charge in [-0.2, -0.15) is 4.31 Å². The molecule has 4 saturated carbocycles. The first-order valence-electron chi connectivity index (χ1n) is 10.8. The minimum Gasteiger partial charge on any atom is -0.460 e. The molecule has 0 N–H and O–H groups in total. The molecule has 6 nitrogen and oxygen atoms in total. The third kappa shape index (κ3) is 3.62. The van der Waals surface area contributed by atoms with Gasteiger partial charge in [-0.25, -0.2) is 8.42 Å². The maximum atomic E-state index is 13.0. The molecule has 1 aromatic carbocycles. The first-order valence-corrected chi connectivity index (χ1v) is 12.2. The average Bonchev–Trinajstić information content (AvgIpc) is 2.72. The zero-order valence-corrected chi connectivity index (χ0v) is 17.5. The molecule has 0 aromatic heterocycles. The van der Waals surface area contributed by atoms with Crippen LogP contribution in [0.3, 0.4) is 0 Å². The highest BCUT2D eigenvalue weighted by atomic mass is 32.2. The van der Waals surface area contributed by atoms with E-state index in [1.54, 1.807) is 18.2 Å². The van der Waals surface area contributed by atoms with Crippen LogP contribution in [-0.2, 0) is 30.9 Å². The van der Waals surface area contributed by atoms with E-state index in [4.69, 9.17) is 9.47 Å². The Balaban J connectivity index is 1.27. The van der Waals surface area contributed by atoms with E-state index in [0.29, 0.717) is 44.1 Å². The van der Waals surface area contributed by atoms with Crippen molar-refractivity contribution in [3.63, 3.8) is 0 Å². The van der Waals surface area contributed by atoms with E-state index in [2.05, 4.69) is 0 Å². The smallest absolute Gasteiger partial charge is 0.312 e. The van der Waals surface area contributed by atoms with Crippen LogP contribution in [0.5, 0.6) is 0 Å². The van der Waals surface area contributed by atoms with Crippen LogP contribution in [0.2, 0.25) is 0 Å². The van der Waals surface area contributed by atoms with Gasteiger partial charge in [-0.1, -0.05) is 12.1 Å². The lowest BCUT2D eigenvalue weighted by atomic mass is 9.49. The lowest BCUT2D eigenvalue weighted by molar-refractivity contribution is -0.172. The summed E-state index contributed by atoms with van der Waals surface area (Å²) in [7, 11) is -3.55. The van der Waals surface area contributed by atoms with Crippen molar-refractivity contribution in [3.05, 3.63) is 29.8 Å². The predicted octanol–water partition coefficient (Wildman–Crippen LogP) is 2.97. The summed E-state index contributed by atoms with van der Waals surface area (Å²) in [6, 6.07) is 6.79. The fourth-order valence-corrected chi connectivity index (χ4v) is 7.87. The summed E-state index contributed by atoms with van der Waals surface area (Å²) in [5.74, 6) is 2.00. The topological polar surface area (TPSA) is 72.9 Å². The molecule has 6 rings (SSSR count). The molecule has 1 aromatic rings. The monoisotopic (exact) mass is 419 g/mol. The fraction of sp³-hybridized carbons (Fsp3) is 0.682. The van der Waals surface area contributed by atoms with Gasteiger partial charge in [-0.15, -0.1) is 0 Å². The van der Waals surface area contributed by atoms with Crippen molar-refractivity contribution >= 4 is 16.0 Å². The van der Waals surface area contributed by atoms with Crippen LogP contribution in [0.15, 0.2) is 29.2 Å². The molecule has 5 fully saturated rings. The number of hydrogen-bond acceptors (Lipinski definition) is 5. The number of morpholine rings is 1. The van der Waals surface area contributed by atoms with Crippen LogP contribution in [0, 0.1) is 23.2 Å². The third-order valence-electron chi connectivity index (χ3n) is 7.35. The minimum atomic E-state index is -3.55. The summed E-state index contributed by atoms with van der Waals surface area (Å²) >= 11 is 0. The Labute approximate surface area is 172 Å². The molecular formula is C22H29NO5S. The van der Waals surface area contributed by atoms with Gasteiger partial charge >= 0.3 is 5.97 Å². The van der Waals surface area contributed by atoms with Crippen molar-refractivity contribution in [3.8, 4) is 0 Å². The van der Waals surface area contributed by atoms with Gasteiger partial charge < -0.3 is 9.47 Å². The van der Waals surface area contributed by atoms with E-state index in [1.807, 2.05) is 6.07 Å².